The Morgan fingerprint density at radius 1 is 0.850 bits per heavy atom. The van der Waals surface area contributed by atoms with E-state index in [0.29, 0.717) is 0 Å². The molecule has 2 aliphatic rings. The fourth-order valence-electron chi connectivity index (χ4n) is 2.45. The Bertz CT molecular complexity index is 731. The molecule has 2 aromatic rings. The Morgan fingerprint density at radius 3 is 2.55 bits per heavy atom. The van der Waals surface area contributed by atoms with Crippen molar-refractivity contribution < 1.29 is 0 Å². The first-order valence-corrected chi connectivity index (χ1v) is 6.44. The van der Waals surface area contributed by atoms with E-state index >= 15 is 0 Å². The molecule has 0 atom stereocenters. The summed E-state index contributed by atoms with van der Waals surface area (Å²) in [6.45, 7) is 0. The van der Waals surface area contributed by atoms with Crippen molar-refractivity contribution in [2.45, 2.75) is 0 Å². The van der Waals surface area contributed by atoms with Crippen LogP contribution in [0.2, 0.25) is 0 Å². The lowest BCUT2D eigenvalue weighted by molar-refractivity contribution is 0.502. The fraction of sp³-hybridized carbons (Fsp3) is 0. The molecule has 4 rings (SSSR count). The van der Waals surface area contributed by atoms with Crippen LogP contribution in [0.4, 0.5) is 5.69 Å². The molecule has 96 valence electrons. The van der Waals surface area contributed by atoms with Gasteiger partial charge in [-0.05, 0) is 24.3 Å². The minimum absolute atomic E-state index is 0.738. The van der Waals surface area contributed by atoms with Gasteiger partial charge < -0.3 is 0 Å². The quantitative estimate of drug-likeness (QED) is 0.789. The molecular weight excluding hydrogens is 248 g/mol. The minimum Gasteiger partial charge on any atom is -0.263 e. The van der Waals surface area contributed by atoms with Gasteiger partial charge in [-0.3, -0.25) is 10.0 Å². The Labute approximate surface area is 117 Å². The number of hydrazine groups is 1. The predicted molar refractivity (Wildman–Crippen MR) is 78.2 cm³/mol. The van der Waals surface area contributed by atoms with Crippen LogP contribution >= 0.6 is 0 Å². The lowest BCUT2D eigenvalue weighted by Gasteiger charge is -2.37. The molecule has 4 heteroatoms. The van der Waals surface area contributed by atoms with Crippen molar-refractivity contribution in [3.05, 3.63) is 84.9 Å². The molecule has 1 aromatic carbocycles. The van der Waals surface area contributed by atoms with E-state index in [2.05, 4.69) is 33.3 Å². The smallest absolute Gasteiger partial charge is 0.161 e. The maximum Gasteiger partial charge on any atom is 0.161 e. The van der Waals surface area contributed by atoms with Crippen molar-refractivity contribution in [3.8, 4) is 0 Å². The number of benzene rings is 1. The summed E-state index contributed by atoms with van der Waals surface area (Å²) in [5.74, 6) is 0.738. The highest BCUT2D eigenvalue weighted by Gasteiger charge is 2.24. The van der Waals surface area contributed by atoms with Gasteiger partial charge in [0.2, 0.25) is 0 Å². The predicted octanol–water partition coefficient (Wildman–Crippen LogP) is 2.94. The average Bonchev–Trinajstić information content (AvgIpc) is 2.55. The maximum atomic E-state index is 4.37. The van der Waals surface area contributed by atoms with E-state index in [1.165, 1.54) is 0 Å². The van der Waals surface area contributed by atoms with Crippen LogP contribution in [-0.4, -0.2) is 15.0 Å². The van der Waals surface area contributed by atoms with Crippen molar-refractivity contribution in [2.75, 3.05) is 5.01 Å². The van der Waals surface area contributed by atoms with Gasteiger partial charge >= 0.3 is 0 Å². The van der Waals surface area contributed by atoms with Gasteiger partial charge in [0.15, 0.2) is 5.82 Å². The van der Waals surface area contributed by atoms with Crippen LogP contribution in [0.5, 0.6) is 0 Å². The summed E-state index contributed by atoms with van der Waals surface area (Å²) in [5.41, 5.74) is 3.28. The second-order valence-corrected chi connectivity index (χ2v) is 4.54. The molecule has 0 bridgehead atoms. The summed E-state index contributed by atoms with van der Waals surface area (Å²) >= 11 is 0. The van der Waals surface area contributed by atoms with E-state index in [1.807, 2.05) is 47.8 Å². The van der Waals surface area contributed by atoms with Crippen molar-refractivity contribution in [3.63, 3.8) is 0 Å². The Balaban J connectivity index is 1.93. The van der Waals surface area contributed by atoms with E-state index < -0.39 is 0 Å². The van der Waals surface area contributed by atoms with E-state index in [-0.39, 0.29) is 0 Å². The molecule has 4 nitrogen and oxygen atoms in total. The van der Waals surface area contributed by atoms with Crippen molar-refractivity contribution in [1.29, 1.82) is 0 Å². The van der Waals surface area contributed by atoms with Gasteiger partial charge in [-0.1, -0.05) is 18.2 Å². The fourth-order valence-corrected chi connectivity index (χ4v) is 2.45. The van der Waals surface area contributed by atoms with Crippen molar-refractivity contribution in [2.24, 2.45) is 0 Å². The monoisotopic (exact) mass is 260 g/mol. The van der Waals surface area contributed by atoms with Gasteiger partial charge in [0.05, 0.1) is 5.69 Å². The molecule has 0 N–H and O–H groups in total. The summed E-state index contributed by atoms with van der Waals surface area (Å²) in [7, 11) is 0. The van der Waals surface area contributed by atoms with Gasteiger partial charge in [-0.2, -0.15) is 0 Å². The van der Waals surface area contributed by atoms with Crippen LogP contribution in [0.1, 0.15) is 11.4 Å². The van der Waals surface area contributed by atoms with E-state index in [0.717, 1.165) is 22.6 Å². The first-order valence-electron chi connectivity index (χ1n) is 6.44. The molecule has 0 fully saturated rings. The molecule has 3 heterocycles. The highest BCUT2D eigenvalue weighted by molar-refractivity contribution is 5.86. The third-order valence-electron chi connectivity index (χ3n) is 3.34. The SMILES string of the molecule is C1=CN2C=C(c3ncccn3)c3ccccc3N2C=C1. The summed E-state index contributed by atoms with van der Waals surface area (Å²) in [6.07, 6.45) is 13.7. The number of hydrogen-bond donors (Lipinski definition) is 0. The Morgan fingerprint density at radius 2 is 1.65 bits per heavy atom. The number of aromatic nitrogens is 2. The molecule has 20 heavy (non-hydrogen) atoms. The zero-order chi connectivity index (χ0) is 13.4. The first-order chi connectivity index (χ1) is 9.93. The molecule has 0 radical (unpaired) electrons. The molecule has 0 unspecified atom stereocenters. The number of rotatable bonds is 1. The van der Waals surface area contributed by atoms with Gasteiger partial charge in [-0.15, -0.1) is 0 Å². The minimum atomic E-state index is 0.738. The normalized spacial score (nSPS) is 15.7. The third kappa shape index (κ3) is 1.62. The lowest BCUT2D eigenvalue weighted by atomic mass is 10.0. The van der Waals surface area contributed by atoms with Crippen LogP contribution in [0.15, 0.2) is 73.5 Å². The van der Waals surface area contributed by atoms with Gasteiger partial charge in [0.25, 0.3) is 0 Å². The van der Waals surface area contributed by atoms with Crippen LogP contribution in [-0.2, 0) is 0 Å². The highest BCUT2D eigenvalue weighted by atomic mass is 15.6. The first kappa shape index (κ1) is 11.0. The Hall–Kier alpha value is -2.88. The second kappa shape index (κ2) is 4.35. The Kier molecular flexibility index (Phi) is 2.39. The molecule has 0 spiro atoms. The summed E-state index contributed by atoms with van der Waals surface area (Å²) < 4.78 is 0. The molecule has 0 saturated carbocycles. The second-order valence-electron chi connectivity index (χ2n) is 4.54. The van der Waals surface area contributed by atoms with Crippen LogP contribution in [0, 0.1) is 0 Å². The number of fused-ring (bicyclic) bond motifs is 3. The van der Waals surface area contributed by atoms with Crippen LogP contribution < -0.4 is 5.01 Å². The van der Waals surface area contributed by atoms with E-state index in [4.69, 9.17) is 0 Å². The van der Waals surface area contributed by atoms with Crippen molar-refractivity contribution in [1.82, 2.24) is 15.0 Å². The average molecular weight is 260 g/mol. The highest BCUT2D eigenvalue weighted by Crippen LogP contribution is 2.36. The third-order valence-corrected chi connectivity index (χ3v) is 3.34. The lowest BCUT2D eigenvalue weighted by Crippen LogP contribution is -2.35. The topological polar surface area (TPSA) is 32.3 Å². The van der Waals surface area contributed by atoms with Crippen LogP contribution in [0.3, 0.4) is 0 Å². The van der Waals surface area contributed by atoms with E-state index in [1.54, 1.807) is 12.4 Å². The van der Waals surface area contributed by atoms with Crippen LogP contribution in [0.25, 0.3) is 5.57 Å². The number of nitrogens with zero attached hydrogens (tertiary/aromatic N) is 4. The molecule has 0 aliphatic carbocycles. The number of hydrogen-bond acceptors (Lipinski definition) is 4. The summed E-state index contributed by atoms with van der Waals surface area (Å²) in [5, 5.41) is 4.13. The maximum absolute atomic E-state index is 4.37. The molecule has 2 aliphatic heterocycles. The number of para-hydroxylation sites is 1. The molecule has 0 saturated heterocycles. The summed E-state index contributed by atoms with van der Waals surface area (Å²) in [4.78, 5) is 8.74. The van der Waals surface area contributed by atoms with Gasteiger partial charge in [0.1, 0.15) is 0 Å². The van der Waals surface area contributed by atoms with Gasteiger partial charge in [-0.25, -0.2) is 9.97 Å². The van der Waals surface area contributed by atoms with Crippen molar-refractivity contribution >= 4 is 11.3 Å². The van der Waals surface area contributed by atoms with E-state index in [9.17, 15) is 0 Å². The zero-order valence-corrected chi connectivity index (χ0v) is 10.7. The largest absolute Gasteiger partial charge is 0.263 e. The zero-order valence-electron chi connectivity index (χ0n) is 10.7. The standard InChI is InChI=1S/C16H12N4/c1-2-7-15-13(6-1)14(16-17-8-5-9-18-16)12-19-10-3-4-11-20(15)19/h1-12H. The molecule has 1 aromatic heterocycles. The molecule has 0 amide bonds. The number of anilines is 1. The van der Waals surface area contributed by atoms with Gasteiger partial charge in [0, 0.05) is 42.1 Å². The molecular formula is C16H12N4. The summed E-state index contributed by atoms with van der Waals surface area (Å²) in [6, 6.07) is 10.1. The number of allylic oxidation sites excluding steroid dienone is 2.